The van der Waals surface area contributed by atoms with Crippen molar-refractivity contribution in [1.82, 2.24) is 0 Å². The van der Waals surface area contributed by atoms with Gasteiger partial charge in [0.1, 0.15) is 5.82 Å². The van der Waals surface area contributed by atoms with Gasteiger partial charge in [-0.1, -0.05) is 12.8 Å². The Kier molecular flexibility index (Phi) is 3.58. The van der Waals surface area contributed by atoms with Crippen molar-refractivity contribution in [2.75, 3.05) is 5.32 Å². The second-order valence-corrected chi connectivity index (χ2v) is 4.58. The maximum absolute atomic E-state index is 13.5. The Hall–Kier alpha value is -1.93. The summed E-state index contributed by atoms with van der Waals surface area (Å²) in [5, 5.41) is 11.1. The maximum Gasteiger partial charge on any atom is 0.241 e. The summed E-state index contributed by atoms with van der Waals surface area (Å²) >= 11 is 0. The Bertz CT molecular complexity index is 505. The lowest BCUT2D eigenvalue weighted by Crippen LogP contribution is -2.36. The molecule has 0 spiro atoms. The molecule has 0 bridgehead atoms. The minimum absolute atomic E-state index is 0.0604. The van der Waals surface area contributed by atoms with E-state index in [0.29, 0.717) is 12.3 Å². The molecule has 1 aromatic carbocycles. The van der Waals surface area contributed by atoms with Gasteiger partial charge in [-0.15, -0.1) is 0 Å². The minimum Gasteiger partial charge on any atom is -0.322 e. The molecule has 1 aliphatic rings. The number of amides is 1. The van der Waals surface area contributed by atoms with Crippen LogP contribution in [0.2, 0.25) is 0 Å². The van der Waals surface area contributed by atoms with Crippen LogP contribution in [0.1, 0.15) is 24.8 Å². The molecule has 3 N–H and O–H groups in total. The van der Waals surface area contributed by atoms with Crippen molar-refractivity contribution in [2.45, 2.75) is 25.3 Å². The molecule has 1 aromatic rings. The number of nitriles is 1. The van der Waals surface area contributed by atoms with Gasteiger partial charge in [0.2, 0.25) is 5.91 Å². The van der Waals surface area contributed by atoms with Gasteiger partial charge >= 0.3 is 0 Å². The van der Waals surface area contributed by atoms with Gasteiger partial charge in [-0.25, -0.2) is 4.39 Å². The summed E-state index contributed by atoms with van der Waals surface area (Å²) in [6, 6.07) is 5.13. The predicted molar refractivity (Wildman–Crippen MR) is 65.1 cm³/mol. The average Bonchev–Trinajstić information content (AvgIpc) is 3.15. The maximum atomic E-state index is 13.5. The first-order chi connectivity index (χ1) is 8.60. The molecule has 1 atom stereocenters. The smallest absolute Gasteiger partial charge is 0.241 e. The normalized spacial score (nSPS) is 15.8. The van der Waals surface area contributed by atoms with Crippen molar-refractivity contribution in [3.63, 3.8) is 0 Å². The van der Waals surface area contributed by atoms with Crippen molar-refractivity contribution in [3.05, 3.63) is 29.6 Å². The van der Waals surface area contributed by atoms with Crippen LogP contribution in [0.5, 0.6) is 0 Å². The number of hydrogen-bond donors (Lipinski definition) is 2. The molecule has 18 heavy (non-hydrogen) atoms. The van der Waals surface area contributed by atoms with E-state index in [1.54, 1.807) is 0 Å². The van der Waals surface area contributed by atoms with Gasteiger partial charge < -0.3 is 11.1 Å². The zero-order valence-electron chi connectivity index (χ0n) is 9.82. The molecule has 1 aliphatic carbocycles. The average molecular weight is 247 g/mol. The van der Waals surface area contributed by atoms with E-state index in [-0.39, 0.29) is 17.2 Å². The number of nitrogens with one attached hydrogen (secondary N) is 1. The van der Waals surface area contributed by atoms with Crippen molar-refractivity contribution in [3.8, 4) is 6.07 Å². The molecule has 1 unspecified atom stereocenters. The summed E-state index contributed by atoms with van der Waals surface area (Å²) in [6.07, 6.45) is 2.88. The Balaban J connectivity index is 1.99. The Labute approximate surface area is 105 Å². The van der Waals surface area contributed by atoms with E-state index in [1.165, 1.54) is 12.1 Å². The third-order valence-electron chi connectivity index (χ3n) is 2.98. The van der Waals surface area contributed by atoms with Gasteiger partial charge in [-0.05, 0) is 30.5 Å². The number of nitrogens with zero attached hydrogens (tertiary/aromatic N) is 1. The van der Waals surface area contributed by atoms with E-state index in [0.717, 1.165) is 18.9 Å². The monoisotopic (exact) mass is 247 g/mol. The molecule has 1 amide bonds. The summed E-state index contributed by atoms with van der Waals surface area (Å²) in [5.41, 5.74) is 6.00. The first-order valence-corrected chi connectivity index (χ1v) is 5.86. The van der Waals surface area contributed by atoms with Crippen LogP contribution in [0, 0.1) is 23.1 Å². The lowest BCUT2D eigenvalue weighted by atomic mass is 10.1. The highest BCUT2D eigenvalue weighted by molar-refractivity contribution is 5.94. The number of carbonyl (C=O) groups is 1. The lowest BCUT2D eigenvalue weighted by molar-refractivity contribution is -0.117. The van der Waals surface area contributed by atoms with E-state index in [9.17, 15) is 9.18 Å². The van der Waals surface area contributed by atoms with Crippen LogP contribution in [0.4, 0.5) is 10.1 Å². The molecule has 0 aromatic heterocycles. The largest absolute Gasteiger partial charge is 0.322 e. The van der Waals surface area contributed by atoms with Crippen LogP contribution in [-0.4, -0.2) is 11.9 Å². The second-order valence-electron chi connectivity index (χ2n) is 4.58. The molecule has 0 radical (unpaired) electrons. The van der Waals surface area contributed by atoms with Crippen LogP contribution in [0.15, 0.2) is 18.2 Å². The third-order valence-corrected chi connectivity index (χ3v) is 2.98. The van der Waals surface area contributed by atoms with E-state index in [2.05, 4.69) is 5.32 Å². The van der Waals surface area contributed by atoms with E-state index >= 15 is 0 Å². The number of anilines is 1. The lowest BCUT2D eigenvalue weighted by Gasteiger charge is -2.12. The third kappa shape index (κ3) is 3.05. The zero-order chi connectivity index (χ0) is 13.1. The van der Waals surface area contributed by atoms with Crippen LogP contribution in [0.25, 0.3) is 0 Å². The summed E-state index contributed by atoms with van der Waals surface area (Å²) in [5.74, 6) is -0.469. The number of carbonyl (C=O) groups excluding carboxylic acids is 1. The van der Waals surface area contributed by atoms with E-state index in [1.807, 2.05) is 6.07 Å². The summed E-state index contributed by atoms with van der Waals surface area (Å²) in [7, 11) is 0. The van der Waals surface area contributed by atoms with Gasteiger partial charge in [0.25, 0.3) is 0 Å². The highest BCUT2D eigenvalue weighted by atomic mass is 19.1. The molecule has 2 rings (SSSR count). The fourth-order valence-electron chi connectivity index (χ4n) is 1.73. The van der Waals surface area contributed by atoms with Crippen LogP contribution in [0.3, 0.4) is 0 Å². The van der Waals surface area contributed by atoms with Crippen molar-refractivity contribution in [1.29, 1.82) is 5.26 Å². The standard InChI is InChI=1S/C13H14FN3O/c14-10-5-9(7-15)3-4-12(10)17-13(18)11(16)6-8-1-2-8/h3-5,8,11H,1-2,6,16H2,(H,17,18). The molecule has 0 heterocycles. The molecular formula is C13H14FN3O. The number of nitrogens with two attached hydrogens (primary N) is 1. The fraction of sp³-hybridized carbons (Fsp3) is 0.385. The summed E-state index contributed by atoms with van der Waals surface area (Å²) in [6.45, 7) is 0. The van der Waals surface area contributed by atoms with Crippen LogP contribution < -0.4 is 11.1 Å². The van der Waals surface area contributed by atoms with E-state index < -0.39 is 11.9 Å². The zero-order valence-corrected chi connectivity index (χ0v) is 9.82. The molecule has 0 saturated heterocycles. The summed E-state index contributed by atoms with van der Waals surface area (Å²) in [4.78, 5) is 11.7. The molecule has 0 aliphatic heterocycles. The summed E-state index contributed by atoms with van der Waals surface area (Å²) < 4.78 is 13.5. The number of halogens is 1. The Morgan fingerprint density at radius 1 is 1.61 bits per heavy atom. The van der Waals surface area contributed by atoms with Gasteiger partial charge in [0, 0.05) is 0 Å². The van der Waals surface area contributed by atoms with Gasteiger partial charge in [0.05, 0.1) is 23.4 Å². The predicted octanol–water partition coefficient (Wildman–Crippen LogP) is 1.76. The first-order valence-electron chi connectivity index (χ1n) is 5.86. The van der Waals surface area contributed by atoms with Gasteiger partial charge in [0.15, 0.2) is 0 Å². The highest BCUT2D eigenvalue weighted by Gasteiger charge is 2.27. The molecule has 94 valence electrons. The topological polar surface area (TPSA) is 78.9 Å². The number of hydrogen-bond acceptors (Lipinski definition) is 3. The Morgan fingerprint density at radius 3 is 2.89 bits per heavy atom. The second kappa shape index (κ2) is 5.15. The van der Waals surface area contributed by atoms with E-state index in [4.69, 9.17) is 11.0 Å². The van der Waals surface area contributed by atoms with Gasteiger partial charge in [-0.2, -0.15) is 5.26 Å². The van der Waals surface area contributed by atoms with Crippen LogP contribution in [-0.2, 0) is 4.79 Å². The first kappa shape index (κ1) is 12.5. The quantitative estimate of drug-likeness (QED) is 0.850. The van der Waals surface area contributed by atoms with Crippen molar-refractivity contribution < 1.29 is 9.18 Å². The molecule has 5 heteroatoms. The number of benzene rings is 1. The van der Waals surface area contributed by atoms with Gasteiger partial charge in [-0.3, -0.25) is 4.79 Å². The highest BCUT2D eigenvalue weighted by Crippen LogP contribution is 2.33. The molecular weight excluding hydrogens is 233 g/mol. The van der Waals surface area contributed by atoms with Crippen LogP contribution >= 0.6 is 0 Å². The van der Waals surface area contributed by atoms with Crippen molar-refractivity contribution >= 4 is 11.6 Å². The SMILES string of the molecule is N#Cc1ccc(NC(=O)C(N)CC2CC2)c(F)c1. The molecule has 1 fully saturated rings. The molecule has 1 saturated carbocycles. The number of rotatable bonds is 4. The Morgan fingerprint density at radius 2 is 2.33 bits per heavy atom. The minimum atomic E-state index is -0.624. The fourth-order valence-corrected chi connectivity index (χ4v) is 1.73. The van der Waals surface area contributed by atoms with Crippen molar-refractivity contribution in [2.24, 2.45) is 11.7 Å². The molecule has 4 nitrogen and oxygen atoms in total.